The Morgan fingerprint density at radius 2 is 0.823 bits per heavy atom. The van der Waals surface area contributed by atoms with Crippen LogP contribution in [0.25, 0.3) is 21.5 Å². The molecule has 8 aromatic rings. The second kappa shape index (κ2) is 24.5. The fraction of sp³-hybridized carbons (Fsp3) is 0. The van der Waals surface area contributed by atoms with Gasteiger partial charge in [0, 0.05) is 74.6 Å². The van der Waals surface area contributed by atoms with Crippen molar-refractivity contribution in [1.29, 1.82) is 0 Å². The molecule has 0 saturated heterocycles. The number of hydrogen-bond donors (Lipinski definition) is 14. The number of nitrogens with zero attached hydrogens (tertiary/aromatic N) is 6. The number of nitrogens with one attached hydrogen (secondary N) is 2. The Labute approximate surface area is 461 Å². The van der Waals surface area contributed by atoms with E-state index < -0.39 is 112 Å². The molecule has 8 rings (SSSR count). The fourth-order valence-electron chi connectivity index (χ4n) is 6.93. The summed E-state index contributed by atoms with van der Waals surface area (Å²) >= 11 is 0. The van der Waals surface area contributed by atoms with Crippen LogP contribution in [0.1, 0.15) is 7.13 Å². The Kier molecular flexibility index (Phi) is 19.6. The van der Waals surface area contributed by atoms with Crippen LogP contribution in [-0.4, -0.2) is 75.8 Å². The largest absolute Gasteiger partial charge is 1.00 e. The molecule has 0 bridgehead atoms. The number of quaternary nitrogens is 2. The second-order valence-corrected chi connectivity index (χ2v) is 21.7. The van der Waals surface area contributed by atoms with Gasteiger partial charge in [0.05, 0.1) is 20.5 Å². The number of hydrogen-bond acceptors (Lipinski definition) is 20. The van der Waals surface area contributed by atoms with Crippen LogP contribution in [0.5, 0.6) is 23.0 Å². The summed E-state index contributed by atoms with van der Waals surface area (Å²) in [5.74, 6) is -2.41. The van der Waals surface area contributed by atoms with Gasteiger partial charge in [0.1, 0.15) is 44.0 Å². The zero-order valence-electron chi connectivity index (χ0n) is 45.0. The number of non-ortho nitro benzene ring substituents is 2. The summed E-state index contributed by atoms with van der Waals surface area (Å²) in [6.07, 6.45) is 0. The quantitative estimate of drug-likeness (QED) is 0.0158. The van der Waals surface area contributed by atoms with Crippen LogP contribution < -0.4 is 33.5 Å². The van der Waals surface area contributed by atoms with Gasteiger partial charge in [-0.3, -0.25) is 38.5 Å². The molecule has 0 amide bonds. The molecule has 0 heterocycles. The first-order valence-corrected chi connectivity index (χ1v) is 26.8. The summed E-state index contributed by atoms with van der Waals surface area (Å²) in [4.78, 5) is 56.3. The SMILES string of the molecule is O=[N+]([O-])c1ccc(O)c(N=Nc2c(S(=O)(=O)O)cc3cc(Nc4cccc(P(=O)(O)O)c4)ccc3c2O)c1.O=[N+]([O-])c1ccc(O)c(N=Nc2c(S(=O)(=O)O)cc3cc(Nc4cccc(P(=O)(O)O)c4)ccc3c2O)c1.[Co].[H+].[H+].[H+].[H+].[H+].[NH4+].[NH4+]. The number of benzene rings is 8. The van der Waals surface area contributed by atoms with Crippen molar-refractivity contribution in [3.8, 4) is 23.0 Å². The second-order valence-electron chi connectivity index (χ2n) is 15.7. The van der Waals surface area contributed by atoms with Crippen LogP contribution in [-0.2, 0) is 46.1 Å². The predicted molar refractivity (Wildman–Crippen MR) is 289 cm³/mol. The Balaban J connectivity index is 0. The molecule has 30 nitrogen and oxygen atoms in total. The molecule has 0 spiro atoms. The minimum atomic E-state index is -4.97. The van der Waals surface area contributed by atoms with E-state index in [2.05, 4.69) is 31.1 Å². The topological polar surface area (TPSA) is 538 Å². The number of anilines is 4. The van der Waals surface area contributed by atoms with Gasteiger partial charge in [0.25, 0.3) is 31.6 Å². The third kappa shape index (κ3) is 15.0. The molecular formula is C44H47CoN10O20P2S2+7. The zero-order valence-corrected chi connectivity index (χ0v) is 44.4. The number of nitro groups is 2. The van der Waals surface area contributed by atoms with Crippen LogP contribution in [0, 0.1) is 20.2 Å². The molecule has 1 radical (unpaired) electrons. The maximum Gasteiger partial charge on any atom is 1.00 e. The van der Waals surface area contributed by atoms with Crippen LogP contribution in [0.2, 0.25) is 0 Å². The summed E-state index contributed by atoms with van der Waals surface area (Å²) in [7, 11) is -18.9. The smallest absolute Gasteiger partial charge is 0.506 e. The molecule has 35 heteroatoms. The number of fused-ring (bicyclic) bond motifs is 2. The van der Waals surface area contributed by atoms with E-state index in [1.807, 2.05) is 0 Å². The van der Waals surface area contributed by atoms with Crippen LogP contribution in [0.4, 0.5) is 56.9 Å². The molecule has 20 N–H and O–H groups in total. The third-order valence-corrected chi connectivity index (χ3v) is 14.1. The molecule has 0 aliphatic rings. The van der Waals surface area contributed by atoms with Gasteiger partial charge < -0.3 is 62.9 Å². The maximum atomic E-state index is 12.1. The van der Waals surface area contributed by atoms with E-state index in [1.54, 1.807) is 0 Å². The first-order valence-electron chi connectivity index (χ1n) is 20.7. The molecule has 0 saturated carbocycles. The van der Waals surface area contributed by atoms with Crippen LogP contribution >= 0.6 is 15.2 Å². The zero-order chi connectivity index (χ0) is 55.7. The van der Waals surface area contributed by atoms with Crippen molar-refractivity contribution in [3.05, 3.63) is 154 Å². The monoisotopic (exact) mass is 1220 g/mol. The molecular weight excluding hydrogens is 1170 g/mol. The van der Waals surface area contributed by atoms with Crippen molar-refractivity contribution in [2.75, 3.05) is 10.6 Å². The first-order chi connectivity index (χ1) is 35.5. The summed E-state index contributed by atoms with van der Waals surface area (Å²) in [6, 6.07) is 27.2. The Bertz CT molecular complexity index is 3880. The minimum absolute atomic E-state index is 0. The van der Waals surface area contributed by atoms with Crippen molar-refractivity contribution >= 4 is 124 Å². The first kappa shape index (κ1) is 63.2. The fourth-order valence-corrected chi connectivity index (χ4v) is 9.42. The minimum Gasteiger partial charge on any atom is -0.506 e. The van der Waals surface area contributed by atoms with Crippen molar-refractivity contribution in [1.82, 2.24) is 12.3 Å². The molecule has 417 valence electrons. The van der Waals surface area contributed by atoms with Gasteiger partial charge in [-0.2, -0.15) is 16.8 Å². The Hall–Kier alpha value is -8.37. The predicted octanol–water partition coefficient (Wildman–Crippen LogP) is 10.0. The van der Waals surface area contributed by atoms with Gasteiger partial charge in [-0.05, 0) is 108 Å². The third-order valence-electron chi connectivity index (χ3n) is 10.5. The molecule has 0 fully saturated rings. The van der Waals surface area contributed by atoms with E-state index in [0.717, 1.165) is 48.5 Å². The van der Waals surface area contributed by atoms with Gasteiger partial charge in [0.2, 0.25) is 0 Å². The molecule has 0 aliphatic heterocycles. The summed E-state index contributed by atoms with van der Waals surface area (Å²) < 4.78 is 90.9. The van der Waals surface area contributed by atoms with Crippen LogP contribution in [0.15, 0.2) is 164 Å². The normalized spacial score (nSPS) is 11.7. The number of phenolic OH excluding ortho intramolecular Hbond substituents is 4. The van der Waals surface area contributed by atoms with Gasteiger partial charge in [0.15, 0.2) is 11.5 Å². The van der Waals surface area contributed by atoms with Gasteiger partial charge >= 0.3 is 22.3 Å². The van der Waals surface area contributed by atoms with E-state index in [4.69, 9.17) is 0 Å². The van der Waals surface area contributed by atoms with E-state index >= 15 is 0 Å². The standard InChI is InChI=1S/2C22H17N4O10PS.Co.2H3N/c2*27-19-7-5-15(26(29)30)11-18(19)24-25-21-20(38(34,35)36)9-12-8-14(4-6-17(12)22(21)28)23-13-2-1-3-16(10-13)37(31,32)33;;;/h2*1-11,23,27-28H,(H2,31,32,33)(H,34,35,36);;2*1H3/p+7. The molecule has 0 atom stereocenters. The van der Waals surface area contributed by atoms with E-state index in [1.165, 1.54) is 84.9 Å². The molecule has 79 heavy (non-hydrogen) atoms. The molecule has 0 aromatic heterocycles. The van der Waals surface area contributed by atoms with Gasteiger partial charge in [-0.25, -0.2) is 0 Å². The summed E-state index contributed by atoms with van der Waals surface area (Å²) in [5.41, 5.74) is -1.69. The number of aromatic hydroxyl groups is 4. The number of nitro benzene ring substituents is 2. The summed E-state index contributed by atoms with van der Waals surface area (Å²) in [6.45, 7) is 0. The molecule has 0 unspecified atom stereocenters. The Morgan fingerprint density at radius 1 is 0.481 bits per heavy atom. The number of rotatable bonds is 14. The van der Waals surface area contributed by atoms with Crippen molar-refractivity contribution in [3.63, 3.8) is 0 Å². The van der Waals surface area contributed by atoms with E-state index in [0.29, 0.717) is 22.7 Å². The van der Waals surface area contributed by atoms with Crippen molar-refractivity contribution < 1.29 is 109 Å². The molecule has 0 aliphatic carbocycles. The average molecular weight is 1220 g/mol. The van der Waals surface area contributed by atoms with Gasteiger partial charge in [-0.1, -0.05) is 12.1 Å². The van der Waals surface area contributed by atoms with E-state index in [-0.39, 0.29) is 68.4 Å². The molecule has 8 aromatic carbocycles. The van der Waals surface area contributed by atoms with Gasteiger partial charge in [-0.15, -0.1) is 20.5 Å². The summed E-state index contributed by atoms with van der Waals surface area (Å²) in [5, 5.41) is 83.7. The average Bonchev–Trinajstić information content (AvgIpc) is 3.33. The number of phenols is 4. The van der Waals surface area contributed by atoms with Crippen LogP contribution in [0.3, 0.4) is 0 Å². The van der Waals surface area contributed by atoms with Crippen molar-refractivity contribution in [2.24, 2.45) is 20.5 Å². The van der Waals surface area contributed by atoms with Crippen molar-refractivity contribution in [2.45, 2.75) is 9.79 Å². The van der Waals surface area contributed by atoms with E-state index in [9.17, 15) is 95.3 Å². The maximum absolute atomic E-state index is 12.1. The Morgan fingerprint density at radius 3 is 1.14 bits per heavy atom. The number of azo groups is 2.